The lowest BCUT2D eigenvalue weighted by Gasteiger charge is -2.23. The smallest absolute Gasteiger partial charge is 0.188 e. The number of thioether (sulfide) groups is 1. The summed E-state index contributed by atoms with van der Waals surface area (Å²) in [7, 11) is 0. The first-order valence-corrected chi connectivity index (χ1v) is 9.22. The maximum Gasteiger partial charge on any atom is 0.188 e. The zero-order valence-electron chi connectivity index (χ0n) is 14.7. The fraction of sp³-hybridized carbons (Fsp3) is 0.474. The van der Waals surface area contributed by atoms with Crippen molar-refractivity contribution in [2.24, 2.45) is 0 Å². The van der Waals surface area contributed by atoms with Gasteiger partial charge in [-0.2, -0.15) is 0 Å². The summed E-state index contributed by atoms with van der Waals surface area (Å²) in [6.07, 6.45) is 3.50. The van der Waals surface area contributed by atoms with Gasteiger partial charge in [-0.1, -0.05) is 50.7 Å². The third kappa shape index (κ3) is 4.33. The number of aliphatic hydroxyl groups is 1. The third-order valence-corrected chi connectivity index (χ3v) is 4.50. The maximum atomic E-state index is 9.06. The van der Waals surface area contributed by atoms with E-state index in [4.69, 9.17) is 10.1 Å². The Kier molecular flexibility index (Phi) is 5.82. The number of hydrogen-bond donors (Lipinski definition) is 1. The van der Waals surface area contributed by atoms with E-state index in [2.05, 4.69) is 56.9 Å². The Labute approximate surface area is 143 Å². The van der Waals surface area contributed by atoms with Crippen molar-refractivity contribution in [3.8, 4) is 11.3 Å². The second kappa shape index (κ2) is 7.45. The van der Waals surface area contributed by atoms with Gasteiger partial charge in [-0.3, -0.25) is 0 Å². The number of rotatable bonds is 5. The van der Waals surface area contributed by atoms with Crippen LogP contribution in [-0.4, -0.2) is 27.9 Å². The van der Waals surface area contributed by atoms with Crippen molar-refractivity contribution in [2.75, 3.05) is 12.9 Å². The van der Waals surface area contributed by atoms with Crippen LogP contribution < -0.4 is 0 Å². The Hall–Kier alpha value is -1.39. The fourth-order valence-corrected chi connectivity index (χ4v) is 3.21. The highest BCUT2D eigenvalue weighted by molar-refractivity contribution is 7.98. The Morgan fingerprint density at radius 3 is 2.52 bits per heavy atom. The van der Waals surface area contributed by atoms with E-state index in [1.807, 2.05) is 6.26 Å². The van der Waals surface area contributed by atoms with E-state index in [0.29, 0.717) is 0 Å². The monoisotopic (exact) mass is 330 g/mol. The predicted octanol–water partition coefficient (Wildman–Crippen LogP) is 4.40. The molecule has 0 aliphatic rings. The lowest BCUT2D eigenvalue weighted by molar-refractivity contribution is 0.288. The fourth-order valence-electron chi connectivity index (χ4n) is 2.82. The van der Waals surface area contributed by atoms with Crippen molar-refractivity contribution < 1.29 is 5.11 Å². The first kappa shape index (κ1) is 18.0. The van der Waals surface area contributed by atoms with E-state index in [1.54, 1.807) is 11.8 Å². The average molecular weight is 330 g/mol. The molecule has 2 rings (SSSR count). The molecule has 0 saturated heterocycles. The van der Waals surface area contributed by atoms with Gasteiger partial charge < -0.3 is 5.11 Å². The van der Waals surface area contributed by atoms with Gasteiger partial charge in [-0.25, -0.2) is 9.97 Å². The molecule has 0 unspecified atom stereocenters. The summed E-state index contributed by atoms with van der Waals surface area (Å²) in [6, 6.07) is 8.50. The van der Waals surface area contributed by atoms with Gasteiger partial charge in [0.05, 0.1) is 5.69 Å². The van der Waals surface area contributed by atoms with E-state index < -0.39 is 0 Å². The van der Waals surface area contributed by atoms with Crippen LogP contribution in [0.5, 0.6) is 0 Å². The molecule has 1 heterocycles. The molecule has 2 aromatic rings. The van der Waals surface area contributed by atoms with Crippen molar-refractivity contribution in [2.45, 2.75) is 51.1 Å². The molecule has 0 atom stereocenters. The van der Waals surface area contributed by atoms with Crippen LogP contribution >= 0.6 is 11.8 Å². The van der Waals surface area contributed by atoms with Gasteiger partial charge >= 0.3 is 0 Å². The second-order valence-corrected chi connectivity index (χ2v) is 7.56. The first-order valence-electron chi connectivity index (χ1n) is 8.00. The molecule has 0 fully saturated rings. The number of aliphatic hydroxyl groups excluding tert-OH is 1. The van der Waals surface area contributed by atoms with Crippen molar-refractivity contribution in [3.63, 3.8) is 0 Å². The molecule has 3 nitrogen and oxygen atoms in total. The molecular formula is C19H26N2OS. The number of aryl methyl sites for hydroxylation is 1. The Bertz CT molecular complexity index is 678. The molecule has 4 heteroatoms. The zero-order valence-corrected chi connectivity index (χ0v) is 15.5. The average Bonchev–Trinajstić information content (AvgIpc) is 2.51. The number of aromatic nitrogens is 2. The van der Waals surface area contributed by atoms with Crippen molar-refractivity contribution >= 4 is 11.8 Å². The largest absolute Gasteiger partial charge is 0.396 e. The van der Waals surface area contributed by atoms with Crippen molar-refractivity contribution in [1.82, 2.24) is 9.97 Å². The van der Waals surface area contributed by atoms with Gasteiger partial charge in [0.1, 0.15) is 0 Å². The summed E-state index contributed by atoms with van der Waals surface area (Å²) < 4.78 is 0. The predicted molar refractivity (Wildman–Crippen MR) is 98.1 cm³/mol. The normalized spacial score (nSPS) is 11.7. The third-order valence-electron chi connectivity index (χ3n) is 3.95. The van der Waals surface area contributed by atoms with Crippen LogP contribution in [0.2, 0.25) is 0 Å². The molecular weight excluding hydrogens is 304 g/mol. The van der Waals surface area contributed by atoms with Gasteiger partial charge in [-0.15, -0.1) is 0 Å². The van der Waals surface area contributed by atoms with Crippen LogP contribution in [-0.2, 0) is 11.8 Å². The van der Waals surface area contributed by atoms with Crippen LogP contribution in [0.25, 0.3) is 11.3 Å². The van der Waals surface area contributed by atoms with Gasteiger partial charge in [0.15, 0.2) is 5.16 Å². The standard InChI is InChI=1S/C19H26N2OS/c1-13-15(9-6-10-16(13)19(2,3)4)17-12-14(8-7-11-22)20-18(21-17)23-5/h6,9-10,12,22H,7-8,11H2,1-5H3. The molecule has 1 N–H and O–H groups in total. The van der Waals surface area contributed by atoms with E-state index in [0.717, 1.165) is 29.4 Å². The molecule has 124 valence electrons. The maximum absolute atomic E-state index is 9.06. The van der Waals surface area contributed by atoms with Crippen molar-refractivity contribution in [1.29, 1.82) is 0 Å². The summed E-state index contributed by atoms with van der Waals surface area (Å²) in [5, 5.41) is 9.85. The molecule has 0 spiro atoms. The first-order chi connectivity index (χ1) is 10.9. The van der Waals surface area contributed by atoms with Crippen LogP contribution in [0.4, 0.5) is 0 Å². The second-order valence-electron chi connectivity index (χ2n) is 6.79. The van der Waals surface area contributed by atoms with E-state index >= 15 is 0 Å². The number of nitrogens with zero attached hydrogens (tertiary/aromatic N) is 2. The minimum atomic E-state index is 0.106. The van der Waals surface area contributed by atoms with Crippen LogP contribution in [0, 0.1) is 6.92 Å². The molecule has 0 aliphatic carbocycles. The van der Waals surface area contributed by atoms with Crippen molar-refractivity contribution in [3.05, 3.63) is 41.1 Å². The molecule has 0 aliphatic heterocycles. The van der Waals surface area contributed by atoms with Gasteiger partial charge in [0.2, 0.25) is 0 Å². The zero-order chi connectivity index (χ0) is 17.0. The Morgan fingerprint density at radius 2 is 1.91 bits per heavy atom. The van der Waals surface area contributed by atoms with E-state index in [1.165, 1.54) is 16.7 Å². The quantitative estimate of drug-likeness (QED) is 0.652. The molecule has 0 bridgehead atoms. The van der Waals surface area contributed by atoms with Crippen LogP contribution in [0.15, 0.2) is 29.4 Å². The van der Waals surface area contributed by atoms with Gasteiger partial charge in [0, 0.05) is 17.9 Å². The molecule has 0 radical (unpaired) electrons. The van der Waals surface area contributed by atoms with Crippen LogP contribution in [0.3, 0.4) is 0 Å². The van der Waals surface area contributed by atoms with E-state index in [9.17, 15) is 0 Å². The summed E-state index contributed by atoms with van der Waals surface area (Å²) in [6.45, 7) is 9.06. The van der Waals surface area contributed by atoms with Gasteiger partial charge in [-0.05, 0) is 48.6 Å². The van der Waals surface area contributed by atoms with Gasteiger partial charge in [0.25, 0.3) is 0 Å². The Balaban J connectivity index is 2.53. The molecule has 0 amide bonds. The highest BCUT2D eigenvalue weighted by Gasteiger charge is 2.19. The lowest BCUT2D eigenvalue weighted by Crippen LogP contribution is -2.13. The minimum Gasteiger partial charge on any atom is -0.396 e. The molecule has 1 aromatic carbocycles. The molecule has 23 heavy (non-hydrogen) atoms. The SMILES string of the molecule is CSc1nc(CCCO)cc(-c2cccc(C(C)(C)C)c2C)n1. The summed E-state index contributed by atoms with van der Waals surface area (Å²) in [5.74, 6) is 0. The molecule has 0 saturated carbocycles. The highest BCUT2D eigenvalue weighted by atomic mass is 32.2. The lowest BCUT2D eigenvalue weighted by atomic mass is 9.82. The molecule has 1 aromatic heterocycles. The highest BCUT2D eigenvalue weighted by Crippen LogP contribution is 2.32. The summed E-state index contributed by atoms with van der Waals surface area (Å²) in [4.78, 5) is 9.26. The number of benzene rings is 1. The summed E-state index contributed by atoms with van der Waals surface area (Å²) in [5.41, 5.74) is 5.86. The number of hydrogen-bond acceptors (Lipinski definition) is 4. The minimum absolute atomic E-state index is 0.106. The topological polar surface area (TPSA) is 46.0 Å². The summed E-state index contributed by atoms with van der Waals surface area (Å²) >= 11 is 1.56. The Morgan fingerprint density at radius 1 is 1.17 bits per heavy atom. The van der Waals surface area contributed by atoms with E-state index in [-0.39, 0.29) is 12.0 Å². The van der Waals surface area contributed by atoms with Crippen LogP contribution in [0.1, 0.15) is 44.0 Å².